The van der Waals surface area contributed by atoms with Crippen LogP contribution < -0.4 is 10.6 Å². The van der Waals surface area contributed by atoms with E-state index in [9.17, 15) is 14.0 Å². The second-order valence-electron chi connectivity index (χ2n) is 5.58. The zero-order valence-corrected chi connectivity index (χ0v) is 11.5. The van der Waals surface area contributed by atoms with Gasteiger partial charge in [-0.1, -0.05) is 18.2 Å². The monoisotopic (exact) mass is 292 g/mol. The first kappa shape index (κ1) is 14.0. The highest BCUT2D eigenvalue weighted by molar-refractivity contribution is 5.87. The Morgan fingerprint density at radius 1 is 1.38 bits per heavy atom. The summed E-state index contributed by atoms with van der Waals surface area (Å²) >= 11 is 0. The van der Waals surface area contributed by atoms with Crippen LogP contribution in [0.2, 0.25) is 0 Å². The lowest BCUT2D eigenvalue weighted by Gasteiger charge is -2.43. The van der Waals surface area contributed by atoms with Crippen molar-refractivity contribution in [3.8, 4) is 0 Å². The number of halogens is 1. The number of benzene rings is 1. The Morgan fingerprint density at radius 2 is 2.14 bits per heavy atom. The normalized spacial score (nSPS) is 23.9. The molecule has 2 aliphatic heterocycles. The maximum Gasteiger partial charge on any atom is 0.224 e. The van der Waals surface area contributed by atoms with E-state index in [-0.39, 0.29) is 43.2 Å². The molecule has 2 N–H and O–H groups in total. The van der Waals surface area contributed by atoms with Crippen molar-refractivity contribution < 1.29 is 18.7 Å². The van der Waals surface area contributed by atoms with E-state index in [0.717, 1.165) is 0 Å². The van der Waals surface area contributed by atoms with Gasteiger partial charge in [0, 0.05) is 24.4 Å². The number of hydrogen-bond acceptors (Lipinski definition) is 3. The molecule has 0 aromatic heterocycles. The van der Waals surface area contributed by atoms with Crippen LogP contribution in [0.15, 0.2) is 24.3 Å². The molecular weight excluding hydrogens is 275 g/mol. The number of ether oxygens (including phenoxy) is 1. The van der Waals surface area contributed by atoms with Crippen molar-refractivity contribution in [1.82, 2.24) is 10.6 Å². The van der Waals surface area contributed by atoms with Crippen molar-refractivity contribution in [3.63, 3.8) is 0 Å². The first-order valence-electron chi connectivity index (χ1n) is 7.02. The van der Waals surface area contributed by atoms with Gasteiger partial charge >= 0.3 is 0 Å². The number of hydrogen-bond donors (Lipinski definition) is 2. The average molecular weight is 292 g/mol. The minimum Gasteiger partial charge on any atom is -0.376 e. The number of carbonyl (C=O) groups is 2. The van der Waals surface area contributed by atoms with Crippen LogP contribution in [0.25, 0.3) is 0 Å². The van der Waals surface area contributed by atoms with Gasteiger partial charge in [0.15, 0.2) is 0 Å². The molecule has 0 radical (unpaired) electrons. The van der Waals surface area contributed by atoms with Gasteiger partial charge in [-0.15, -0.1) is 0 Å². The van der Waals surface area contributed by atoms with Crippen LogP contribution in [-0.2, 0) is 19.9 Å². The van der Waals surface area contributed by atoms with Crippen LogP contribution in [0.5, 0.6) is 0 Å². The third-order valence-electron chi connectivity index (χ3n) is 4.07. The second-order valence-corrected chi connectivity index (χ2v) is 5.58. The lowest BCUT2D eigenvalue weighted by molar-refractivity contribution is -0.141. The molecule has 1 atom stereocenters. The van der Waals surface area contributed by atoms with Crippen molar-refractivity contribution in [1.29, 1.82) is 0 Å². The van der Waals surface area contributed by atoms with Crippen molar-refractivity contribution in [2.75, 3.05) is 19.8 Å². The van der Waals surface area contributed by atoms with Crippen LogP contribution in [0, 0.1) is 11.7 Å². The van der Waals surface area contributed by atoms with Crippen molar-refractivity contribution in [2.45, 2.75) is 18.4 Å². The summed E-state index contributed by atoms with van der Waals surface area (Å²) < 4.78 is 19.2. The molecule has 1 aromatic rings. The Morgan fingerprint density at radius 3 is 2.76 bits per heavy atom. The molecule has 0 aliphatic carbocycles. The molecule has 2 saturated heterocycles. The highest BCUT2D eigenvalue weighted by atomic mass is 19.1. The summed E-state index contributed by atoms with van der Waals surface area (Å²) in [5.41, 5.74) is -0.374. The SMILES string of the molecule is O=C1CC(C(=O)NC2(c3ccccc3F)COC2)CCN1. The summed E-state index contributed by atoms with van der Waals surface area (Å²) in [5, 5.41) is 5.59. The molecule has 2 heterocycles. The number of nitrogens with one attached hydrogen (secondary N) is 2. The maximum atomic E-state index is 14.0. The fourth-order valence-electron chi connectivity index (χ4n) is 2.80. The molecule has 1 unspecified atom stereocenters. The minimum absolute atomic E-state index is 0.119. The topological polar surface area (TPSA) is 67.4 Å². The third kappa shape index (κ3) is 2.63. The molecule has 6 heteroatoms. The van der Waals surface area contributed by atoms with Gasteiger partial charge in [0.2, 0.25) is 11.8 Å². The van der Waals surface area contributed by atoms with E-state index in [0.29, 0.717) is 18.5 Å². The second kappa shape index (κ2) is 5.44. The van der Waals surface area contributed by atoms with E-state index < -0.39 is 5.54 Å². The Labute approximate surface area is 121 Å². The minimum atomic E-state index is -0.809. The van der Waals surface area contributed by atoms with Crippen LogP contribution in [-0.4, -0.2) is 31.6 Å². The zero-order valence-electron chi connectivity index (χ0n) is 11.5. The lowest BCUT2D eigenvalue weighted by Crippen LogP contribution is -2.61. The van der Waals surface area contributed by atoms with Crippen LogP contribution in [0.1, 0.15) is 18.4 Å². The number of piperidine rings is 1. The molecule has 2 amide bonds. The number of rotatable bonds is 3. The standard InChI is InChI=1S/C15H17FN2O3/c16-12-4-2-1-3-11(12)15(8-21-9-15)18-14(20)10-5-6-17-13(19)7-10/h1-4,10H,5-9H2,(H,17,19)(H,18,20). The van der Waals surface area contributed by atoms with Gasteiger partial charge in [-0.2, -0.15) is 0 Å². The zero-order chi connectivity index (χ0) is 14.9. The van der Waals surface area contributed by atoms with Crippen LogP contribution in [0.3, 0.4) is 0 Å². The Balaban J connectivity index is 1.77. The van der Waals surface area contributed by atoms with Gasteiger partial charge in [-0.05, 0) is 12.5 Å². The van der Waals surface area contributed by atoms with E-state index in [1.54, 1.807) is 18.2 Å². The van der Waals surface area contributed by atoms with Gasteiger partial charge in [-0.3, -0.25) is 9.59 Å². The highest BCUT2D eigenvalue weighted by Crippen LogP contribution is 2.32. The average Bonchev–Trinajstić information content (AvgIpc) is 2.43. The molecule has 0 saturated carbocycles. The molecule has 0 bridgehead atoms. The maximum absolute atomic E-state index is 14.0. The third-order valence-corrected chi connectivity index (χ3v) is 4.07. The first-order chi connectivity index (χ1) is 10.1. The van der Waals surface area contributed by atoms with Gasteiger partial charge in [0.25, 0.3) is 0 Å². The number of carbonyl (C=O) groups excluding carboxylic acids is 2. The molecule has 5 nitrogen and oxygen atoms in total. The van der Waals surface area contributed by atoms with Gasteiger partial charge < -0.3 is 15.4 Å². The van der Waals surface area contributed by atoms with E-state index in [4.69, 9.17) is 4.74 Å². The lowest BCUT2D eigenvalue weighted by atomic mass is 9.86. The van der Waals surface area contributed by atoms with E-state index in [1.165, 1.54) is 6.07 Å². The smallest absolute Gasteiger partial charge is 0.224 e. The largest absolute Gasteiger partial charge is 0.376 e. The quantitative estimate of drug-likeness (QED) is 0.861. The molecule has 2 fully saturated rings. The van der Waals surface area contributed by atoms with Gasteiger partial charge in [0.1, 0.15) is 11.4 Å². The molecule has 112 valence electrons. The fraction of sp³-hybridized carbons (Fsp3) is 0.467. The summed E-state index contributed by atoms with van der Waals surface area (Å²) in [7, 11) is 0. The summed E-state index contributed by atoms with van der Waals surface area (Å²) in [6, 6.07) is 6.37. The van der Waals surface area contributed by atoms with Crippen molar-refractivity contribution in [3.05, 3.63) is 35.6 Å². The van der Waals surface area contributed by atoms with Crippen LogP contribution in [0.4, 0.5) is 4.39 Å². The summed E-state index contributed by atoms with van der Waals surface area (Å²) in [6.07, 6.45) is 0.784. The molecule has 0 spiro atoms. The molecular formula is C15H17FN2O3. The van der Waals surface area contributed by atoms with E-state index in [1.807, 2.05) is 0 Å². The Bertz CT molecular complexity index is 572. The van der Waals surface area contributed by atoms with E-state index in [2.05, 4.69) is 10.6 Å². The Kier molecular flexibility index (Phi) is 3.63. The highest BCUT2D eigenvalue weighted by Gasteiger charge is 2.44. The summed E-state index contributed by atoms with van der Waals surface area (Å²) in [6.45, 7) is 0.997. The summed E-state index contributed by atoms with van der Waals surface area (Å²) in [4.78, 5) is 23.7. The molecule has 21 heavy (non-hydrogen) atoms. The molecule has 3 rings (SSSR count). The van der Waals surface area contributed by atoms with Crippen molar-refractivity contribution in [2.24, 2.45) is 5.92 Å². The fourth-order valence-corrected chi connectivity index (χ4v) is 2.80. The number of amides is 2. The Hall–Kier alpha value is -1.95. The van der Waals surface area contributed by atoms with Gasteiger partial charge in [0.05, 0.1) is 13.2 Å². The predicted molar refractivity (Wildman–Crippen MR) is 72.8 cm³/mol. The predicted octanol–water partition coefficient (Wildman–Crippen LogP) is 0.694. The molecule has 1 aromatic carbocycles. The van der Waals surface area contributed by atoms with Crippen molar-refractivity contribution >= 4 is 11.8 Å². The summed E-state index contributed by atoms with van der Waals surface area (Å²) in [5.74, 6) is -1.05. The van der Waals surface area contributed by atoms with E-state index >= 15 is 0 Å². The van der Waals surface area contributed by atoms with Crippen LogP contribution >= 0.6 is 0 Å². The van der Waals surface area contributed by atoms with Gasteiger partial charge in [-0.25, -0.2) is 4.39 Å². The first-order valence-corrected chi connectivity index (χ1v) is 7.02. The molecule has 2 aliphatic rings.